The Bertz CT molecular complexity index is 1040. The molecule has 0 unspecified atom stereocenters. The van der Waals surface area contributed by atoms with Crippen LogP contribution in [0.3, 0.4) is 0 Å². The van der Waals surface area contributed by atoms with Crippen LogP contribution >= 0.6 is 0 Å². The fourth-order valence-electron chi connectivity index (χ4n) is 3.72. The number of benzene rings is 1. The Kier molecular flexibility index (Phi) is 4.87. The Hall–Kier alpha value is -3.49. The summed E-state index contributed by atoms with van der Waals surface area (Å²) in [6.07, 6.45) is 4.69. The van der Waals surface area contributed by atoms with E-state index in [1.54, 1.807) is 47.1 Å². The largest absolute Gasteiger partial charge is 0.465 e. The van der Waals surface area contributed by atoms with Gasteiger partial charge in [0, 0.05) is 37.8 Å². The summed E-state index contributed by atoms with van der Waals surface area (Å²) in [4.78, 5) is 30.2. The van der Waals surface area contributed by atoms with Crippen LogP contribution in [0.15, 0.2) is 41.2 Å². The Labute approximate surface area is 167 Å². The average molecular weight is 395 g/mol. The molecule has 1 aliphatic heterocycles. The van der Waals surface area contributed by atoms with Gasteiger partial charge in [-0.05, 0) is 18.6 Å². The molecule has 0 bridgehead atoms. The lowest BCUT2D eigenvalue weighted by Crippen LogP contribution is -2.39. The van der Waals surface area contributed by atoms with E-state index in [1.165, 1.54) is 7.11 Å². The normalized spacial score (nSPS) is 19.4. The molecule has 0 spiro atoms. The molecule has 1 saturated heterocycles. The van der Waals surface area contributed by atoms with Gasteiger partial charge < -0.3 is 14.2 Å². The number of aryl methyl sites for hydroxylation is 1. The number of amides is 1. The zero-order valence-electron chi connectivity index (χ0n) is 16.4. The number of hydrogen-bond acceptors (Lipinski definition) is 7. The molecule has 3 heterocycles. The second kappa shape index (κ2) is 7.50. The number of likely N-dealkylation sites (tertiary alicyclic amines) is 1. The maximum Gasteiger partial charge on any atom is 0.337 e. The van der Waals surface area contributed by atoms with E-state index in [0.29, 0.717) is 30.1 Å². The molecule has 9 nitrogen and oxygen atoms in total. The van der Waals surface area contributed by atoms with Gasteiger partial charge in [0.2, 0.25) is 17.6 Å². The minimum atomic E-state index is -0.403. The van der Waals surface area contributed by atoms with Crippen LogP contribution in [-0.4, -0.2) is 50.9 Å². The molecule has 0 aliphatic carbocycles. The maximum atomic E-state index is 12.3. The summed E-state index contributed by atoms with van der Waals surface area (Å²) in [5.41, 5.74) is 2.10. The number of piperidine rings is 1. The van der Waals surface area contributed by atoms with Gasteiger partial charge in [0.1, 0.15) is 0 Å². The lowest BCUT2D eigenvalue weighted by atomic mass is 9.85. The highest BCUT2D eigenvalue weighted by atomic mass is 16.5. The Morgan fingerprint density at radius 3 is 2.66 bits per heavy atom. The van der Waals surface area contributed by atoms with Crippen molar-refractivity contribution in [1.29, 1.82) is 0 Å². The number of carbonyl (C=O) groups excluding carboxylic acids is 2. The molecule has 2 aromatic heterocycles. The zero-order chi connectivity index (χ0) is 20.5. The first kappa shape index (κ1) is 18.9. The topological polar surface area (TPSA) is 103 Å². The summed E-state index contributed by atoms with van der Waals surface area (Å²) < 4.78 is 12.0. The smallest absolute Gasteiger partial charge is 0.337 e. The number of aromatic nitrogens is 4. The van der Waals surface area contributed by atoms with Crippen molar-refractivity contribution in [2.75, 3.05) is 14.2 Å². The van der Waals surface area contributed by atoms with Gasteiger partial charge in [0.25, 0.3) is 0 Å². The van der Waals surface area contributed by atoms with Crippen LogP contribution in [0.5, 0.6) is 0 Å². The summed E-state index contributed by atoms with van der Waals surface area (Å²) in [7, 11) is 4.97. The Balaban J connectivity index is 1.63. The third kappa shape index (κ3) is 3.51. The lowest BCUT2D eigenvalue weighted by molar-refractivity contribution is -0.135. The van der Waals surface area contributed by atoms with E-state index in [4.69, 9.17) is 9.26 Å². The number of carbonyl (C=O) groups is 2. The van der Waals surface area contributed by atoms with Gasteiger partial charge in [-0.15, -0.1) is 0 Å². The van der Waals surface area contributed by atoms with E-state index in [9.17, 15) is 9.59 Å². The first-order chi connectivity index (χ1) is 14.0. The third-order valence-corrected chi connectivity index (χ3v) is 5.25. The van der Waals surface area contributed by atoms with Crippen LogP contribution in [0, 0.1) is 0 Å². The number of ether oxygens (including phenoxy) is 1. The first-order valence-corrected chi connectivity index (χ1v) is 9.24. The minimum absolute atomic E-state index is 0.0771. The standard InChI is InChI=1S/C20H21N5O4/c1-24-11-14(10-21-24)17-15(8-9-16(26)25(17)2)19-22-18(23-29-19)12-4-6-13(7-5-12)20(27)28-3/h4-7,10-11,15,17H,8-9H2,1-3H3/t15-,17-/m1/s1. The van der Waals surface area contributed by atoms with Crippen molar-refractivity contribution in [2.24, 2.45) is 7.05 Å². The molecule has 0 N–H and O–H groups in total. The summed E-state index contributed by atoms with van der Waals surface area (Å²) in [6.45, 7) is 0. The van der Waals surface area contributed by atoms with Crippen LogP contribution in [0.2, 0.25) is 0 Å². The molecule has 29 heavy (non-hydrogen) atoms. The summed E-state index contributed by atoms with van der Waals surface area (Å²) >= 11 is 0. The Morgan fingerprint density at radius 1 is 1.24 bits per heavy atom. The zero-order valence-corrected chi connectivity index (χ0v) is 16.4. The van der Waals surface area contributed by atoms with Crippen molar-refractivity contribution in [2.45, 2.75) is 24.8 Å². The molecule has 150 valence electrons. The molecule has 1 amide bonds. The third-order valence-electron chi connectivity index (χ3n) is 5.25. The monoisotopic (exact) mass is 395 g/mol. The number of hydrogen-bond donors (Lipinski definition) is 0. The fraction of sp³-hybridized carbons (Fsp3) is 0.350. The van der Waals surface area contributed by atoms with Crippen molar-refractivity contribution in [3.8, 4) is 11.4 Å². The number of rotatable bonds is 4. The predicted molar refractivity (Wildman–Crippen MR) is 102 cm³/mol. The maximum absolute atomic E-state index is 12.3. The van der Waals surface area contributed by atoms with Crippen LogP contribution in [-0.2, 0) is 16.6 Å². The quantitative estimate of drug-likeness (QED) is 0.625. The SMILES string of the molecule is COC(=O)c1ccc(-c2noc([C@@H]3CCC(=O)N(C)[C@@H]3c3cnn(C)c3)n2)cc1. The highest BCUT2D eigenvalue weighted by molar-refractivity contribution is 5.89. The van der Waals surface area contributed by atoms with Crippen molar-refractivity contribution in [3.05, 3.63) is 53.7 Å². The lowest BCUT2D eigenvalue weighted by Gasteiger charge is -2.36. The number of likely N-dealkylation sites (N-methyl/N-ethyl adjacent to an activating group) is 1. The van der Waals surface area contributed by atoms with Gasteiger partial charge in [-0.1, -0.05) is 17.3 Å². The van der Waals surface area contributed by atoms with Crippen LogP contribution < -0.4 is 0 Å². The van der Waals surface area contributed by atoms with E-state index in [1.807, 2.05) is 13.2 Å². The van der Waals surface area contributed by atoms with E-state index < -0.39 is 5.97 Å². The molecule has 0 saturated carbocycles. The number of methoxy groups -OCH3 is 1. The van der Waals surface area contributed by atoms with Crippen LogP contribution in [0.25, 0.3) is 11.4 Å². The highest BCUT2D eigenvalue weighted by Crippen LogP contribution is 2.41. The van der Waals surface area contributed by atoms with Crippen molar-refractivity contribution >= 4 is 11.9 Å². The fourth-order valence-corrected chi connectivity index (χ4v) is 3.72. The number of esters is 1. The minimum Gasteiger partial charge on any atom is -0.465 e. The second-order valence-corrected chi connectivity index (χ2v) is 7.07. The van der Waals surface area contributed by atoms with Crippen molar-refractivity contribution in [3.63, 3.8) is 0 Å². The molecule has 3 aromatic rings. The van der Waals surface area contributed by atoms with E-state index in [2.05, 4.69) is 15.2 Å². The predicted octanol–water partition coefficient (Wildman–Crippen LogP) is 2.33. The van der Waals surface area contributed by atoms with Gasteiger partial charge in [-0.3, -0.25) is 9.48 Å². The first-order valence-electron chi connectivity index (χ1n) is 9.24. The van der Waals surface area contributed by atoms with Crippen molar-refractivity contribution < 1.29 is 18.8 Å². The molecule has 1 aromatic carbocycles. The summed E-state index contributed by atoms with van der Waals surface area (Å²) in [5, 5.41) is 8.34. The summed E-state index contributed by atoms with van der Waals surface area (Å²) in [5.74, 6) is 0.455. The number of nitrogens with zero attached hydrogens (tertiary/aromatic N) is 5. The van der Waals surface area contributed by atoms with Gasteiger partial charge in [-0.2, -0.15) is 10.1 Å². The van der Waals surface area contributed by atoms with E-state index >= 15 is 0 Å². The molecule has 9 heteroatoms. The Morgan fingerprint density at radius 2 is 2.00 bits per heavy atom. The highest BCUT2D eigenvalue weighted by Gasteiger charge is 2.39. The molecule has 1 aliphatic rings. The van der Waals surface area contributed by atoms with Crippen molar-refractivity contribution in [1.82, 2.24) is 24.8 Å². The molecular formula is C20H21N5O4. The van der Waals surface area contributed by atoms with Gasteiger partial charge in [-0.25, -0.2) is 4.79 Å². The van der Waals surface area contributed by atoms with Crippen LogP contribution in [0.1, 0.15) is 46.6 Å². The van der Waals surface area contributed by atoms with E-state index in [0.717, 1.165) is 11.1 Å². The second-order valence-electron chi connectivity index (χ2n) is 7.07. The molecular weight excluding hydrogens is 374 g/mol. The van der Waals surface area contributed by atoms with Crippen LogP contribution in [0.4, 0.5) is 0 Å². The van der Waals surface area contributed by atoms with E-state index in [-0.39, 0.29) is 17.9 Å². The molecule has 1 fully saturated rings. The van der Waals surface area contributed by atoms with Gasteiger partial charge in [0.05, 0.1) is 30.8 Å². The van der Waals surface area contributed by atoms with Gasteiger partial charge >= 0.3 is 5.97 Å². The van der Waals surface area contributed by atoms with Gasteiger partial charge in [0.15, 0.2) is 0 Å². The average Bonchev–Trinajstić information content (AvgIpc) is 3.39. The molecule has 4 rings (SSSR count). The molecule has 2 atom stereocenters. The molecule has 0 radical (unpaired) electrons. The summed E-state index contributed by atoms with van der Waals surface area (Å²) in [6, 6.07) is 6.58.